The molecule has 2 amide bonds. The van der Waals surface area contributed by atoms with Crippen LogP contribution in [0.15, 0.2) is 54.1 Å². The Hall–Kier alpha value is -2.99. The Kier molecular flexibility index (Phi) is 4.89. The number of thiophene rings is 1. The summed E-state index contributed by atoms with van der Waals surface area (Å²) in [5.41, 5.74) is 7.34. The van der Waals surface area contributed by atoms with Crippen LogP contribution in [0, 0.1) is 0 Å². The molecule has 36 heavy (non-hydrogen) atoms. The van der Waals surface area contributed by atoms with Gasteiger partial charge in [-0.3, -0.25) is 0 Å². The van der Waals surface area contributed by atoms with Crippen molar-refractivity contribution >= 4 is 65.8 Å². The van der Waals surface area contributed by atoms with Gasteiger partial charge >= 0.3 is 204 Å². The molecule has 4 heterocycles. The van der Waals surface area contributed by atoms with Crippen molar-refractivity contribution in [2.75, 3.05) is 19.0 Å². The van der Waals surface area contributed by atoms with Crippen molar-refractivity contribution in [1.82, 2.24) is 9.80 Å². The molecule has 0 saturated carbocycles. The summed E-state index contributed by atoms with van der Waals surface area (Å²) in [5.74, 6) is -0.596. The maximum atomic E-state index is 13.0. The Morgan fingerprint density at radius 2 is 1.36 bits per heavy atom. The number of benzene rings is 2. The van der Waals surface area contributed by atoms with Crippen LogP contribution < -0.4 is 4.90 Å². The van der Waals surface area contributed by atoms with E-state index in [-0.39, 0.29) is 28.2 Å². The summed E-state index contributed by atoms with van der Waals surface area (Å²) in [5, 5.41) is 1.14. The maximum absolute atomic E-state index is 13.0. The third-order valence-corrected chi connectivity index (χ3v) is 10.2. The van der Waals surface area contributed by atoms with Gasteiger partial charge in [-0.05, 0) is 0 Å². The molecular formula is C29H27N3O2SSe. The standard InChI is InChI=1S/C29H27N3O2SSe/c1-28(2)18-10-7-8-13-22(18)32-23-19(28)11-9-12-20(23)29(3,4)21-15-16(35-26(21)32)14-17-24(33)30(5)27(36)31(6)25(17)34/h7-15H,1-6H3. The number of amides is 2. The van der Waals surface area contributed by atoms with Crippen molar-refractivity contribution in [3.8, 4) is 0 Å². The first-order valence-corrected chi connectivity index (χ1v) is 13.6. The van der Waals surface area contributed by atoms with Crippen LogP contribution in [-0.2, 0) is 20.4 Å². The van der Waals surface area contributed by atoms with Crippen LogP contribution >= 0.6 is 11.3 Å². The Labute approximate surface area is 223 Å². The van der Waals surface area contributed by atoms with Gasteiger partial charge in [-0.1, -0.05) is 19.9 Å². The van der Waals surface area contributed by atoms with Gasteiger partial charge in [-0.15, -0.1) is 0 Å². The zero-order valence-electron chi connectivity index (χ0n) is 21.2. The van der Waals surface area contributed by atoms with Crippen LogP contribution in [0.2, 0.25) is 0 Å². The van der Waals surface area contributed by atoms with Gasteiger partial charge in [-0.2, -0.15) is 0 Å². The first-order valence-electron chi connectivity index (χ1n) is 12.0. The van der Waals surface area contributed by atoms with Crippen LogP contribution in [0.4, 0.5) is 16.4 Å². The second kappa shape index (κ2) is 7.51. The Morgan fingerprint density at radius 3 is 2.00 bits per heavy atom. The molecule has 1 fully saturated rings. The second-order valence-electron chi connectivity index (χ2n) is 10.7. The van der Waals surface area contributed by atoms with Crippen molar-refractivity contribution in [3.63, 3.8) is 0 Å². The normalized spacial score (nSPS) is 19.2. The Morgan fingerprint density at radius 1 is 0.806 bits per heavy atom. The van der Waals surface area contributed by atoms with Crippen LogP contribution in [0.1, 0.15) is 54.8 Å². The zero-order chi connectivity index (χ0) is 25.7. The second-order valence-corrected chi connectivity index (χ2v) is 12.6. The van der Waals surface area contributed by atoms with E-state index in [4.69, 9.17) is 0 Å². The predicted octanol–water partition coefficient (Wildman–Crippen LogP) is 5.07. The molecular weight excluding hydrogens is 533 g/mol. The Bertz CT molecular complexity index is 1520. The number of likely N-dealkylation sites (N-methyl/N-ethyl adjacent to an activating group) is 2. The van der Waals surface area contributed by atoms with Gasteiger partial charge in [0.15, 0.2) is 0 Å². The number of rotatable bonds is 1. The summed E-state index contributed by atoms with van der Waals surface area (Å²) in [4.78, 5) is 32.3. The van der Waals surface area contributed by atoms with E-state index in [9.17, 15) is 9.59 Å². The molecule has 1 saturated heterocycles. The summed E-state index contributed by atoms with van der Waals surface area (Å²) < 4.78 is 0.504. The molecule has 1 aromatic heterocycles. The van der Waals surface area contributed by atoms with E-state index in [1.54, 1.807) is 31.5 Å². The molecule has 2 aromatic carbocycles. The third-order valence-electron chi connectivity index (χ3n) is 7.96. The van der Waals surface area contributed by atoms with Crippen molar-refractivity contribution in [3.05, 3.63) is 81.2 Å². The monoisotopic (exact) mass is 561 g/mol. The number of anilines is 3. The number of carbonyl (C=O) groups is 2. The van der Waals surface area contributed by atoms with Gasteiger partial charge in [-0.25, -0.2) is 0 Å². The third kappa shape index (κ3) is 2.91. The fourth-order valence-electron chi connectivity index (χ4n) is 5.81. The summed E-state index contributed by atoms with van der Waals surface area (Å²) in [6.45, 7) is 9.13. The number of carbonyl (C=O) groups excluding carboxylic acids is 2. The van der Waals surface area contributed by atoms with E-state index >= 15 is 0 Å². The van der Waals surface area contributed by atoms with Gasteiger partial charge in [0.05, 0.1) is 0 Å². The average molecular weight is 561 g/mol. The fraction of sp³-hybridized carbons (Fsp3) is 0.276. The first-order chi connectivity index (χ1) is 17.0. The van der Waals surface area contributed by atoms with Gasteiger partial charge in [0, 0.05) is 0 Å². The molecule has 3 aliphatic heterocycles. The molecule has 7 heteroatoms. The quantitative estimate of drug-likeness (QED) is 0.237. The van der Waals surface area contributed by atoms with E-state index in [0.717, 1.165) is 9.88 Å². The average Bonchev–Trinajstić information content (AvgIpc) is 3.29. The number of fused-ring (bicyclic) bond motifs is 4. The molecule has 0 atom stereocenters. The molecule has 0 spiro atoms. The van der Waals surface area contributed by atoms with Crippen LogP contribution in [-0.4, -0.2) is 56.0 Å². The number of hydrogen-bond acceptors (Lipinski definition) is 4. The molecule has 0 aliphatic carbocycles. The predicted molar refractivity (Wildman–Crippen MR) is 148 cm³/mol. The summed E-state index contributed by atoms with van der Waals surface area (Å²) >= 11 is 4.46. The van der Waals surface area contributed by atoms with E-state index in [1.807, 2.05) is 0 Å². The zero-order valence-corrected chi connectivity index (χ0v) is 23.7. The van der Waals surface area contributed by atoms with Crippen molar-refractivity contribution in [1.29, 1.82) is 0 Å². The van der Waals surface area contributed by atoms with E-state index < -0.39 is 0 Å². The molecule has 0 N–H and O–H groups in total. The molecule has 182 valence electrons. The molecule has 3 aromatic rings. The number of para-hydroxylation sites is 2. The van der Waals surface area contributed by atoms with Crippen molar-refractivity contribution < 1.29 is 9.59 Å². The van der Waals surface area contributed by atoms with Crippen LogP contribution in [0.5, 0.6) is 0 Å². The number of hydrogen-bond donors (Lipinski definition) is 0. The van der Waals surface area contributed by atoms with Gasteiger partial charge in [0.2, 0.25) is 0 Å². The topological polar surface area (TPSA) is 43.9 Å². The van der Waals surface area contributed by atoms with E-state index in [2.05, 4.69) is 96.7 Å². The van der Waals surface area contributed by atoms with E-state index in [1.165, 1.54) is 43.4 Å². The first kappa shape index (κ1) is 23.4. The summed E-state index contributed by atoms with van der Waals surface area (Å²) in [7, 11) is 3.36. The minimum absolute atomic E-state index is 0.129. The molecule has 0 radical (unpaired) electrons. The number of nitrogens with zero attached hydrogens (tertiary/aromatic N) is 3. The van der Waals surface area contributed by atoms with Crippen molar-refractivity contribution in [2.45, 2.75) is 38.5 Å². The van der Waals surface area contributed by atoms with Crippen LogP contribution in [0.3, 0.4) is 0 Å². The SMILES string of the molecule is CN1C(=O)C(=Cc2cc3c(s2)N2c4ccccc4C(C)(C)c4cccc(c42)C3(C)C)C(=O)N(C)C1=[Se]. The van der Waals surface area contributed by atoms with Gasteiger partial charge in [0.1, 0.15) is 0 Å². The van der Waals surface area contributed by atoms with Gasteiger partial charge in [0.25, 0.3) is 0 Å². The van der Waals surface area contributed by atoms with Crippen LogP contribution in [0.25, 0.3) is 6.08 Å². The Balaban J connectivity index is 1.59. The molecule has 5 nitrogen and oxygen atoms in total. The fourth-order valence-corrected chi connectivity index (χ4v) is 7.44. The minimum atomic E-state index is -0.298. The summed E-state index contributed by atoms with van der Waals surface area (Å²) in [6, 6.07) is 17.4. The van der Waals surface area contributed by atoms with Crippen molar-refractivity contribution in [2.24, 2.45) is 0 Å². The molecule has 0 bridgehead atoms. The molecule has 3 aliphatic rings. The summed E-state index contributed by atoms with van der Waals surface area (Å²) in [6.07, 6.45) is 1.76. The molecule has 0 unspecified atom stereocenters. The molecule has 6 rings (SSSR count). The van der Waals surface area contributed by atoms with E-state index in [0.29, 0.717) is 4.67 Å². The van der Waals surface area contributed by atoms with Gasteiger partial charge < -0.3 is 0 Å².